The molecule has 0 saturated carbocycles. The van der Waals surface area contributed by atoms with E-state index in [0.29, 0.717) is 13.2 Å². The molecule has 0 radical (unpaired) electrons. The molecule has 1 rings (SSSR count). The molecule has 0 amide bonds. The van der Waals surface area contributed by atoms with Gasteiger partial charge in [-0.05, 0) is 36.6 Å². The van der Waals surface area contributed by atoms with Crippen LogP contribution in [0.25, 0.3) is 5.57 Å². The molecule has 19 heavy (non-hydrogen) atoms. The summed E-state index contributed by atoms with van der Waals surface area (Å²) in [4.78, 5) is 5.16. The van der Waals surface area contributed by atoms with Crippen molar-refractivity contribution in [1.82, 2.24) is 0 Å². The van der Waals surface area contributed by atoms with Crippen molar-refractivity contribution in [2.75, 3.05) is 13.2 Å². The molecule has 1 aromatic carbocycles. The van der Waals surface area contributed by atoms with E-state index < -0.39 is 0 Å². The first-order valence-electron chi connectivity index (χ1n) is 6.39. The van der Waals surface area contributed by atoms with Gasteiger partial charge in [-0.1, -0.05) is 43.4 Å². The van der Waals surface area contributed by atoms with E-state index in [1.165, 1.54) is 0 Å². The molecule has 0 fully saturated rings. The normalized spacial score (nSPS) is 10.9. The first kappa shape index (κ1) is 15.0. The average Bonchev–Trinajstić information content (AvgIpc) is 2.45. The van der Waals surface area contributed by atoms with Crippen LogP contribution in [0.4, 0.5) is 0 Å². The largest absolute Gasteiger partial charge is 0.490 e. The number of ether oxygens (including phenoxy) is 1. The van der Waals surface area contributed by atoms with E-state index >= 15 is 0 Å². The molecule has 3 heteroatoms. The predicted molar refractivity (Wildman–Crippen MR) is 80.5 cm³/mol. The predicted octanol–water partition coefficient (Wildman–Crippen LogP) is 4.07. The number of rotatable bonds is 8. The lowest BCUT2D eigenvalue weighted by atomic mass is 10.0. The van der Waals surface area contributed by atoms with E-state index in [-0.39, 0.29) is 0 Å². The highest BCUT2D eigenvalue weighted by molar-refractivity contribution is 6.21. The zero-order valence-electron chi connectivity index (χ0n) is 11.7. The van der Waals surface area contributed by atoms with Gasteiger partial charge in [0.25, 0.3) is 0 Å². The lowest BCUT2D eigenvalue weighted by molar-refractivity contribution is 0.145. The molecule has 0 unspecified atom stereocenters. The fraction of sp³-hybridized carbons (Fsp3) is 0.312. The van der Waals surface area contributed by atoms with Crippen LogP contribution in [0.5, 0.6) is 5.75 Å². The maximum atomic E-state index is 5.43. The monoisotopic (exact) mass is 259 g/mol. The van der Waals surface area contributed by atoms with Crippen molar-refractivity contribution in [3.05, 3.63) is 49.1 Å². The van der Waals surface area contributed by atoms with E-state index in [4.69, 9.17) is 9.57 Å². The first-order chi connectivity index (χ1) is 9.19. The Balaban J connectivity index is 2.66. The fourth-order valence-electron chi connectivity index (χ4n) is 1.41. The third-order valence-corrected chi connectivity index (χ3v) is 2.50. The molecule has 0 aromatic heterocycles. The van der Waals surface area contributed by atoms with Crippen molar-refractivity contribution in [3.63, 3.8) is 0 Å². The van der Waals surface area contributed by atoms with Gasteiger partial charge >= 0.3 is 0 Å². The summed E-state index contributed by atoms with van der Waals surface area (Å²) in [5.74, 6) is 0.813. The van der Waals surface area contributed by atoms with Crippen molar-refractivity contribution in [1.29, 1.82) is 0 Å². The van der Waals surface area contributed by atoms with Crippen molar-refractivity contribution < 1.29 is 9.57 Å². The average molecular weight is 259 g/mol. The van der Waals surface area contributed by atoms with Gasteiger partial charge in [0.2, 0.25) is 0 Å². The molecule has 0 spiro atoms. The number of oxime groups is 1. The Labute approximate surface area is 115 Å². The second-order valence-electron chi connectivity index (χ2n) is 4.11. The number of nitrogens with zero attached hydrogens (tertiary/aromatic N) is 1. The van der Waals surface area contributed by atoms with Gasteiger partial charge in [-0.3, -0.25) is 0 Å². The third kappa shape index (κ3) is 5.00. The number of benzene rings is 1. The molecule has 0 atom stereocenters. The van der Waals surface area contributed by atoms with E-state index in [1.54, 1.807) is 6.08 Å². The van der Waals surface area contributed by atoms with Gasteiger partial charge in [-0.15, -0.1) is 0 Å². The zero-order valence-corrected chi connectivity index (χ0v) is 11.7. The molecule has 3 nitrogen and oxygen atoms in total. The standard InChI is InChI=1S/C16H21NO2/c1-5-11-18-16-9-7-15(8-10-16)13(3)14(4)17-19-12-6-2/h5,7-10H,1,3,6,11-12H2,2,4H3/b17-14+. The summed E-state index contributed by atoms with van der Waals surface area (Å²) in [6.45, 7) is 12.7. The minimum absolute atomic E-state index is 0.506. The summed E-state index contributed by atoms with van der Waals surface area (Å²) in [5, 5.41) is 4.03. The highest BCUT2D eigenvalue weighted by atomic mass is 16.6. The lowest BCUT2D eigenvalue weighted by Crippen LogP contribution is -1.98. The van der Waals surface area contributed by atoms with E-state index in [9.17, 15) is 0 Å². The summed E-state index contributed by atoms with van der Waals surface area (Å²) < 4.78 is 5.43. The van der Waals surface area contributed by atoms with Crippen molar-refractivity contribution in [2.45, 2.75) is 20.3 Å². The Morgan fingerprint density at radius 1 is 1.32 bits per heavy atom. The Kier molecular flexibility index (Phi) is 6.44. The van der Waals surface area contributed by atoms with E-state index in [1.807, 2.05) is 38.1 Å². The third-order valence-electron chi connectivity index (χ3n) is 2.50. The quantitative estimate of drug-likeness (QED) is 0.305. The molecule has 102 valence electrons. The van der Waals surface area contributed by atoms with E-state index in [0.717, 1.165) is 29.0 Å². The van der Waals surface area contributed by atoms with Crippen LogP contribution < -0.4 is 4.74 Å². The highest BCUT2D eigenvalue weighted by Crippen LogP contribution is 2.19. The number of allylic oxidation sites excluding steroid dienone is 1. The summed E-state index contributed by atoms with van der Waals surface area (Å²) in [7, 11) is 0. The van der Waals surface area contributed by atoms with Gasteiger partial charge in [0.1, 0.15) is 19.0 Å². The fourth-order valence-corrected chi connectivity index (χ4v) is 1.41. The van der Waals surface area contributed by atoms with Crippen LogP contribution >= 0.6 is 0 Å². The molecule has 0 bridgehead atoms. The van der Waals surface area contributed by atoms with Crippen LogP contribution in [0.3, 0.4) is 0 Å². The molecule has 1 aromatic rings. The van der Waals surface area contributed by atoms with Crippen molar-refractivity contribution in [2.24, 2.45) is 5.16 Å². The second-order valence-corrected chi connectivity index (χ2v) is 4.11. The number of hydrogen-bond acceptors (Lipinski definition) is 3. The highest BCUT2D eigenvalue weighted by Gasteiger charge is 2.03. The van der Waals surface area contributed by atoms with Crippen LogP contribution in [0.15, 0.2) is 48.7 Å². The van der Waals surface area contributed by atoms with Crippen molar-refractivity contribution >= 4 is 11.3 Å². The van der Waals surface area contributed by atoms with Crippen LogP contribution in [-0.2, 0) is 4.84 Å². The van der Waals surface area contributed by atoms with Gasteiger partial charge < -0.3 is 9.57 Å². The summed E-state index contributed by atoms with van der Waals surface area (Å²) in [5.41, 5.74) is 2.65. The first-order valence-corrected chi connectivity index (χ1v) is 6.39. The summed E-state index contributed by atoms with van der Waals surface area (Å²) in [6.07, 6.45) is 2.66. The van der Waals surface area contributed by atoms with Crippen LogP contribution in [0, 0.1) is 0 Å². The topological polar surface area (TPSA) is 30.8 Å². The van der Waals surface area contributed by atoms with Gasteiger partial charge in [0, 0.05) is 0 Å². The van der Waals surface area contributed by atoms with Crippen LogP contribution in [-0.4, -0.2) is 18.9 Å². The maximum absolute atomic E-state index is 5.43. The van der Waals surface area contributed by atoms with Gasteiger partial charge in [-0.25, -0.2) is 0 Å². The van der Waals surface area contributed by atoms with Gasteiger partial charge in [0.05, 0.1) is 5.71 Å². The second kappa shape index (κ2) is 8.14. The Morgan fingerprint density at radius 3 is 2.58 bits per heavy atom. The molecule has 0 saturated heterocycles. The lowest BCUT2D eigenvalue weighted by Gasteiger charge is -2.07. The Hall–Kier alpha value is -2.03. The molecule has 0 aliphatic carbocycles. The zero-order chi connectivity index (χ0) is 14.1. The summed E-state index contributed by atoms with van der Waals surface area (Å²) >= 11 is 0. The summed E-state index contributed by atoms with van der Waals surface area (Å²) in [6, 6.07) is 7.73. The molecular formula is C16H21NO2. The van der Waals surface area contributed by atoms with Gasteiger partial charge in [-0.2, -0.15) is 0 Å². The van der Waals surface area contributed by atoms with Crippen molar-refractivity contribution in [3.8, 4) is 5.75 Å². The molecule has 0 aliphatic rings. The minimum atomic E-state index is 0.506. The Morgan fingerprint density at radius 2 is 2.00 bits per heavy atom. The maximum Gasteiger partial charge on any atom is 0.119 e. The van der Waals surface area contributed by atoms with Crippen LogP contribution in [0.2, 0.25) is 0 Å². The molecular weight excluding hydrogens is 238 g/mol. The molecule has 0 N–H and O–H groups in total. The minimum Gasteiger partial charge on any atom is -0.490 e. The van der Waals surface area contributed by atoms with E-state index in [2.05, 4.69) is 18.3 Å². The number of hydrogen-bond donors (Lipinski definition) is 0. The molecule has 0 aliphatic heterocycles. The van der Waals surface area contributed by atoms with Crippen LogP contribution in [0.1, 0.15) is 25.8 Å². The SMILES string of the molecule is C=CCOc1ccc(C(=C)/C(C)=N/OCCC)cc1. The Bertz CT molecular complexity index is 446. The van der Waals surface area contributed by atoms with Gasteiger partial charge in [0.15, 0.2) is 0 Å². The molecule has 0 heterocycles. The smallest absolute Gasteiger partial charge is 0.119 e.